The molecule has 2 unspecified atom stereocenters. The van der Waals surface area contributed by atoms with Gasteiger partial charge in [-0.05, 0) is 92.3 Å². The third-order valence-corrected chi connectivity index (χ3v) is 6.90. The summed E-state index contributed by atoms with van der Waals surface area (Å²) in [5.74, 6) is 3.75. The van der Waals surface area contributed by atoms with Gasteiger partial charge in [-0.3, -0.25) is 9.59 Å². The van der Waals surface area contributed by atoms with Crippen LogP contribution in [0.2, 0.25) is 0 Å². The van der Waals surface area contributed by atoms with Gasteiger partial charge < -0.3 is 20.6 Å². The Kier molecular flexibility index (Phi) is 12.9. The number of aliphatic hydroxyl groups is 1. The van der Waals surface area contributed by atoms with Gasteiger partial charge in [0.15, 0.2) is 0 Å². The molecular formula is C35H41F2N3O3. The Morgan fingerprint density at radius 2 is 1.60 bits per heavy atom. The first kappa shape index (κ1) is 33.4. The molecular weight excluding hydrogens is 548 g/mol. The van der Waals surface area contributed by atoms with E-state index in [1.165, 1.54) is 12.1 Å². The molecule has 43 heavy (non-hydrogen) atoms. The molecule has 3 aromatic rings. The third kappa shape index (κ3) is 10.3. The van der Waals surface area contributed by atoms with Crippen LogP contribution in [0.25, 0.3) is 0 Å². The predicted molar refractivity (Wildman–Crippen MR) is 166 cm³/mol. The Morgan fingerprint density at radius 1 is 0.930 bits per heavy atom. The average Bonchev–Trinajstić information content (AvgIpc) is 2.96. The molecule has 0 saturated carbocycles. The molecule has 6 nitrogen and oxygen atoms in total. The van der Waals surface area contributed by atoms with E-state index < -0.39 is 29.7 Å². The minimum Gasteiger partial charge on any atom is -0.390 e. The van der Waals surface area contributed by atoms with Gasteiger partial charge in [0.1, 0.15) is 11.6 Å². The maximum Gasteiger partial charge on any atom is 0.253 e. The zero-order valence-electron chi connectivity index (χ0n) is 25.3. The van der Waals surface area contributed by atoms with Crippen molar-refractivity contribution >= 4 is 11.8 Å². The Bertz CT molecular complexity index is 1440. The first-order valence-electron chi connectivity index (χ1n) is 14.7. The van der Waals surface area contributed by atoms with Crippen molar-refractivity contribution in [3.63, 3.8) is 0 Å². The molecule has 0 aliphatic carbocycles. The van der Waals surface area contributed by atoms with Gasteiger partial charge in [-0.25, -0.2) is 8.78 Å². The molecule has 0 aromatic heterocycles. The topological polar surface area (TPSA) is 81.7 Å². The van der Waals surface area contributed by atoms with E-state index in [9.17, 15) is 23.5 Å². The lowest BCUT2D eigenvalue weighted by Gasteiger charge is -2.25. The number of carbonyl (C=O) groups is 2. The number of hydrogen-bond donors (Lipinski definition) is 3. The second-order valence-electron chi connectivity index (χ2n) is 10.7. The minimum absolute atomic E-state index is 0.0107. The molecule has 3 N–H and O–H groups in total. The quantitative estimate of drug-likeness (QED) is 0.220. The van der Waals surface area contributed by atoms with E-state index in [1.54, 1.807) is 30.0 Å². The monoisotopic (exact) mass is 589 g/mol. The lowest BCUT2D eigenvalue weighted by Crippen LogP contribution is -2.48. The summed E-state index contributed by atoms with van der Waals surface area (Å²) in [6.45, 7) is 9.37. The molecule has 8 heteroatoms. The molecule has 2 atom stereocenters. The molecule has 0 heterocycles. The zero-order chi connectivity index (χ0) is 31.4. The molecule has 2 amide bonds. The molecule has 228 valence electrons. The number of benzene rings is 3. The van der Waals surface area contributed by atoms with Crippen LogP contribution in [-0.2, 0) is 13.0 Å². The van der Waals surface area contributed by atoms with E-state index in [1.807, 2.05) is 45.0 Å². The van der Waals surface area contributed by atoms with Crippen molar-refractivity contribution in [2.45, 2.75) is 65.6 Å². The fourth-order valence-electron chi connectivity index (χ4n) is 5.00. The molecule has 3 aromatic carbocycles. The fourth-order valence-corrected chi connectivity index (χ4v) is 5.00. The van der Waals surface area contributed by atoms with Crippen molar-refractivity contribution in [2.24, 2.45) is 0 Å². The summed E-state index contributed by atoms with van der Waals surface area (Å²) in [7, 11) is 0. The smallest absolute Gasteiger partial charge is 0.253 e. The van der Waals surface area contributed by atoms with Crippen molar-refractivity contribution < 1.29 is 23.5 Å². The highest BCUT2D eigenvalue weighted by atomic mass is 19.1. The minimum atomic E-state index is -1.09. The highest BCUT2D eigenvalue weighted by Crippen LogP contribution is 2.16. The van der Waals surface area contributed by atoms with Gasteiger partial charge in [0.25, 0.3) is 11.8 Å². The molecule has 0 bridgehead atoms. The van der Waals surface area contributed by atoms with Crippen LogP contribution >= 0.6 is 0 Å². The van der Waals surface area contributed by atoms with Crippen molar-refractivity contribution in [3.8, 4) is 11.8 Å². The van der Waals surface area contributed by atoms with Crippen molar-refractivity contribution in [3.05, 3.63) is 106 Å². The number of aryl methyl sites for hydroxylation is 1. The van der Waals surface area contributed by atoms with E-state index in [-0.39, 0.29) is 24.4 Å². The molecule has 3 rings (SSSR count). The van der Waals surface area contributed by atoms with E-state index in [0.717, 1.165) is 35.6 Å². The van der Waals surface area contributed by atoms with E-state index in [2.05, 4.69) is 22.5 Å². The summed E-state index contributed by atoms with van der Waals surface area (Å²) < 4.78 is 28.0. The molecule has 0 radical (unpaired) electrons. The summed E-state index contributed by atoms with van der Waals surface area (Å²) in [5.41, 5.74) is 3.56. The normalized spacial score (nSPS) is 12.2. The summed E-state index contributed by atoms with van der Waals surface area (Å²) in [5, 5.41) is 17.2. The second kappa shape index (κ2) is 16.5. The first-order valence-corrected chi connectivity index (χ1v) is 14.7. The molecule has 0 fully saturated rings. The number of rotatable bonds is 14. The van der Waals surface area contributed by atoms with E-state index in [4.69, 9.17) is 0 Å². The molecule has 0 aliphatic heterocycles. The van der Waals surface area contributed by atoms with Crippen LogP contribution in [0.15, 0.2) is 60.7 Å². The van der Waals surface area contributed by atoms with Gasteiger partial charge in [-0.2, -0.15) is 0 Å². The van der Waals surface area contributed by atoms with E-state index in [0.29, 0.717) is 30.8 Å². The number of carbonyl (C=O) groups excluding carboxylic acids is 2. The van der Waals surface area contributed by atoms with Gasteiger partial charge in [0, 0.05) is 48.9 Å². The van der Waals surface area contributed by atoms with Crippen LogP contribution in [-0.4, -0.2) is 53.6 Å². The number of amides is 2. The van der Waals surface area contributed by atoms with Gasteiger partial charge in [0.2, 0.25) is 0 Å². The fraction of sp³-hybridized carbons (Fsp3) is 0.371. The first-order chi connectivity index (χ1) is 20.6. The Hall–Kier alpha value is -4.06. The largest absolute Gasteiger partial charge is 0.390 e. The maximum absolute atomic E-state index is 14.0. The summed E-state index contributed by atoms with van der Waals surface area (Å²) in [6.07, 6.45) is 0.530. The Labute approximate surface area is 253 Å². The standard InChI is InChI=1S/C35H41F2N3O3/c1-5-9-25-10-8-11-26(16-25)22-38-23-33(41)32(19-27-17-30(36)21-31(37)18-27)39-34(42)28-14-24(4)15-29(20-28)35(43)40(12-6-2)13-7-3/h8,10-11,14-18,20-21,32-33,38,41H,6-7,12-13,19,22-23H2,1-4H3,(H,39,42). The Morgan fingerprint density at radius 3 is 2.26 bits per heavy atom. The van der Waals surface area contributed by atoms with Crippen molar-refractivity contribution in [2.75, 3.05) is 19.6 Å². The summed E-state index contributed by atoms with van der Waals surface area (Å²) in [4.78, 5) is 28.5. The van der Waals surface area contributed by atoms with E-state index >= 15 is 0 Å². The average molecular weight is 590 g/mol. The number of hydrogen-bond acceptors (Lipinski definition) is 4. The number of aliphatic hydroxyl groups excluding tert-OH is 1. The van der Waals surface area contributed by atoms with Crippen molar-refractivity contribution in [1.29, 1.82) is 0 Å². The molecule has 0 saturated heterocycles. The van der Waals surface area contributed by atoms with Gasteiger partial charge in [0.05, 0.1) is 12.1 Å². The lowest BCUT2D eigenvalue weighted by atomic mass is 9.99. The van der Waals surface area contributed by atoms with Crippen LogP contribution in [0.1, 0.15) is 76.6 Å². The highest BCUT2D eigenvalue weighted by molar-refractivity contribution is 6.00. The van der Waals surface area contributed by atoms with Gasteiger partial charge >= 0.3 is 0 Å². The predicted octanol–water partition coefficient (Wildman–Crippen LogP) is 5.40. The van der Waals surface area contributed by atoms with Gasteiger partial charge in [-0.15, -0.1) is 5.92 Å². The van der Waals surface area contributed by atoms with Crippen LogP contribution in [0, 0.1) is 30.4 Å². The molecule has 0 aliphatic rings. The lowest BCUT2D eigenvalue weighted by molar-refractivity contribution is 0.0755. The molecule has 0 spiro atoms. The summed E-state index contributed by atoms with van der Waals surface area (Å²) in [6, 6.07) is 14.9. The number of nitrogens with zero attached hydrogens (tertiary/aromatic N) is 1. The number of halogens is 2. The van der Waals surface area contributed by atoms with Gasteiger partial charge in [-0.1, -0.05) is 31.9 Å². The third-order valence-electron chi connectivity index (χ3n) is 6.90. The number of nitrogens with one attached hydrogen (secondary N) is 2. The van der Waals surface area contributed by atoms with Crippen molar-refractivity contribution in [1.82, 2.24) is 15.5 Å². The van der Waals surface area contributed by atoms with Crippen LogP contribution in [0.3, 0.4) is 0 Å². The Balaban J connectivity index is 1.81. The SMILES string of the molecule is CC#Cc1cccc(CNCC(O)C(Cc2cc(F)cc(F)c2)NC(=O)c2cc(C)cc(C(=O)N(CCC)CCC)c2)c1. The van der Waals surface area contributed by atoms with Crippen LogP contribution in [0.5, 0.6) is 0 Å². The van der Waals surface area contributed by atoms with Crippen LogP contribution in [0.4, 0.5) is 8.78 Å². The van der Waals surface area contributed by atoms with Crippen LogP contribution < -0.4 is 10.6 Å². The zero-order valence-corrected chi connectivity index (χ0v) is 25.3. The maximum atomic E-state index is 14.0. The second-order valence-corrected chi connectivity index (χ2v) is 10.7. The summed E-state index contributed by atoms with van der Waals surface area (Å²) >= 11 is 0. The highest BCUT2D eigenvalue weighted by Gasteiger charge is 2.24.